The normalized spacial score (nSPS) is 23.5. The SMILES string of the molecule is CS(=O)(=O)c1cc(F)c(O[C@H]2CCN(C3CCNCC3)C2)cc1F. The predicted molar refractivity (Wildman–Crippen MR) is 86.0 cm³/mol. The molecule has 2 fully saturated rings. The molecule has 0 saturated carbocycles. The first-order chi connectivity index (χ1) is 11.3. The molecule has 5 nitrogen and oxygen atoms in total. The molecule has 134 valence electrons. The quantitative estimate of drug-likeness (QED) is 0.883. The second kappa shape index (κ2) is 6.93. The van der Waals surface area contributed by atoms with E-state index in [0.717, 1.165) is 51.2 Å². The Hall–Kier alpha value is -1.25. The lowest BCUT2D eigenvalue weighted by Crippen LogP contribution is -2.42. The standard InChI is InChI=1S/C16H22F2N2O3S/c1-24(21,22)16-9-13(17)15(8-14(16)18)23-12-4-7-20(10-12)11-2-5-19-6-3-11/h8-9,11-12,19H,2-7,10H2,1H3/t12-/m0/s1. The number of hydrogen-bond donors (Lipinski definition) is 1. The maximum absolute atomic E-state index is 14.1. The van der Waals surface area contributed by atoms with Crippen LogP contribution >= 0.6 is 0 Å². The summed E-state index contributed by atoms with van der Waals surface area (Å²) in [5.41, 5.74) is 0. The van der Waals surface area contributed by atoms with Crippen LogP contribution in [0.2, 0.25) is 0 Å². The topological polar surface area (TPSA) is 58.6 Å². The Bertz CT molecular complexity index is 706. The van der Waals surface area contributed by atoms with Crippen LogP contribution in [-0.2, 0) is 9.84 Å². The number of nitrogens with zero attached hydrogens (tertiary/aromatic N) is 1. The van der Waals surface area contributed by atoms with Gasteiger partial charge in [-0.2, -0.15) is 0 Å². The Balaban J connectivity index is 1.67. The molecule has 1 atom stereocenters. The number of hydrogen-bond acceptors (Lipinski definition) is 5. The van der Waals surface area contributed by atoms with Crippen LogP contribution in [0.5, 0.6) is 5.75 Å². The molecule has 3 rings (SSSR count). The van der Waals surface area contributed by atoms with Gasteiger partial charge in [-0.05, 0) is 38.4 Å². The summed E-state index contributed by atoms with van der Waals surface area (Å²) in [5, 5.41) is 3.32. The first kappa shape index (κ1) is 17.6. The van der Waals surface area contributed by atoms with Crippen molar-refractivity contribution in [2.24, 2.45) is 0 Å². The maximum atomic E-state index is 14.1. The van der Waals surface area contributed by atoms with E-state index >= 15 is 0 Å². The summed E-state index contributed by atoms with van der Waals surface area (Å²) in [6, 6.07) is 2.03. The number of piperidine rings is 1. The van der Waals surface area contributed by atoms with E-state index < -0.39 is 26.4 Å². The highest BCUT2D eigenvalue weighted by atomic mass is 32.2. The van der Waals surface area contributed by atoms with Crippen LogP contribution in [0.25, 0.3) is 0 Å². The van der Waals surface area contributed by atoms with E-state index in [-0.39, 0.29) is 11.9 Å². The monoisotopic (exact) mass is 360 g/mol. The van der Waals surface area contributed by atoms with Gasteiger partial charge in [-0.1, -0.05) is 0 Å². The van der Waals surface area contributed by atoms with Crippen LogP contribution in [-0.4, -0.2) is 57.9 Å². The molecule has 0 bridgehead atoms. The fraction of sp³-hybridized carbons (Fsp3) is 0.625. The number of sulfone groups is 1. The summed E-state index contributed by atoms with van der Waals surface area (Å²) in [7, 11) is -3.81. The van der Waals surface area contributed by atoms with Gasteiger partial charge in [0.2, 0.25) is 0 Å². The Labute approximate surface area is 140 Å². The molecule has 2 saturated heterocycles. The van der Waals surface area contributed by atoms with E-state index in [1.54, 1.807) is 0 Å². The molecule has 0 aromatic heterocycles. The zero-order chi connectivity index (χ0) is 17.3. The first-order valence-corrected chi connectivity index (χ1v) is 10.0. The van der Waals surface area contributed by atoms with E-state index in [1.807, 2.05) is 0 Å². The van der Waals surface area contributed by atoms with Gasteiger partial charge in [-0.15, -0.1) is 0 Å². The lowest BCUT2D eigenvalue weighted by atomic mass is 10.1. The van der Waals surface area contributed by atoms with Gasteiger partial charge in [0.25, 0.3) is 0 Å². The van der Waals surface area contributed by atoms with Gasteiger partial charge in [-0.25, -0.2) is 17.2 Å². The van der Waals surface area contributed by atoms with Crippen molar-refractivity contribution in [2.45, 2.75) is 36.3 Å². The van der Waals surface area contributed by atoms with Crippen molar-refractivity contribution in [3.8, 4) is 5.75 Å². The Morgan fingerprint density at radius 2 is 1.88 bits per heavy atom. The fourth-order valence-electron chi connectivity index (χ4n) is 3.42. The van der Waals surface area contributed by atoms with Crippen LogP contribution in [0.3, 0.4) is 0 Å². The smallest absolute Gasteiger partial charge is 0.178 e. The molecule has 24 heavy (non-hydrogen) atoms. The highest BCUT2D eigenvalue weighted by molar-refractivity contribution is 7.90. The third kappa shape index (κ3) is 3.87. The summed E-state index contributed by atoms with van der Waals surface area (Å²) >= 11 is 0. The summed E-state index contributed by atoms with van der Waals surface area (Å²) < 4.78 is 56.5. The van der Waals surface area contributed by atoms with Crippen molar-refractivity contribution in [1.29, 1.82) is 0 Å². The molecule has 0 aliphatic carbocycles. The number of likely N-dealkylation sites (tertiary alicyclic amines) is 1. The van der Waals surface area contributed by atoms with Gasteiger partial charge < -0.3 is 10.1 Å². The van der Waals surface area contributed by atoms with Gasteiger partial charge in [-0.3, -0.25) is 4.90 Å². The lowest BCUT2D eigenvalue weighted by molar-refractivity contribution is 0.155. The second-order valence-electron chi connectivity index (χ2n) is 6.49. The Morgan fingerprint density at radius 3 is 2.54 bits per heavy atom. The maximum Gasteiger partial charge on any atom is 0.178 e. The van der Waals surface area contributed by atoms with E-state index in [9.17, 15) is 17.2 Å². The van der Waals surface area contributed by atoms with Crippen LogP contribution in [0.1, 0.15) is 19.3 Å². The minimum absolute atomic E-state index is 0.210. The van der Waals surface area contributed by atoms with Gasteiger partial charge in [0.1, 0.15) is 16.8 Å². The molecule has 0 radical (unpaired) electrons. The molecule has 0 spiro atoms. The van der Waals surface area contributed by atoms with Gasteiger partial charge in [0.15, 0.2) is 21.4 Å². The average Bonchev–Trinajstić information content (AvgIpc) is 2.99. The molecular weight excluding hydrogens is 338 g/mol. The van der Waals surface area contributed by atoms with Crippen LogP contribution in [0.4, 0.5) is 8.78 Å². The largest absolute Gasteiger partial charge is 0.486 e. The third-order valence-corrected chi connectivity index (χ3v) is 5.79. The van der Waals surface area contributed by atoms with E-state index in [4.69, 9.17) is 4.74 Å². The number of nitrogens with one attached hydrogen (secondary N) is 1. The lowest BCUT2D eigenvalue weighted by Gasteiger charge is -2.31. The minimum atomic E-state index is -3.81. The van der Waals surface area contributed by atoms with E-state index in [1.165, 1.54) is 0 Å². The summed E-state index contributed by atoms with van der Waals surface area (Å²) in [6.45, 7) is 3.55. The number of rotatable bonds is 4. The van der Waals surface area contributed by atoms with Crippen molar-refractivity contribution in [3.05, 3.63) is 23.8 Å². The predicted octanol–water partition coefficient (Wildman–Crippen LogP) is 1.57. The molecule has 1 N–H and O–H groups in total. The summed E-state index contributed by atoms with van der Waals surface area (Å²) in [6.07, 6.45) is 3.55. The molecule has 2 aliphatic rings. The molecule has 0 unspecified atom stereocenters. The van der Waals surface area contributed by atoms with E-state index in [2.05, 4.69) is 10.2 Å². The average molecular weight is 360 g/mol. The number of benzene rings is 1. The number of halogens is 2. The van der Waals surface area contributed by atoms with Crippen molar-refractivity contribution in [1.82, 2.24) is 10.2 Å². The molecule has 8 heteroatoms. The van der Waals surface area contributed by atoms with Gasteiger partial charge in [0.05, 0.1) is 0 Å². The zero-order valence-electron chi connectivity index (χ0n) is 13.6. The Kier molecular flexibility index (Phi) is 5.08. The molecular formula is C16H22F2N2O3S. The van der Waals surface area contributed by atoms with E-state index in [0.29, 0.717) is 18.7 Å². The number of ether oxygens (including phenoxy) is 1. The van der Waals surface area contributed by atoms with Crippen LogP contribution in [0, 0.1) is 11.6 Å². The van der Waals surface area contributed by atoms with Crippen LogP contribution < -0.4 is 10.1 Å². The summed E-state index contributed by atoms with van der Waals surface area (Å²) in [4.78, 5) is 1.69. The highest BCUT2D eigenvalue weighted by Crippen LogP contribution is 2.28. The highest BCUT2D eigenvalue weighted by Gasteiger charge is 2.31. The molecule has 0 amide bonds. The minimum Gasteiger partial charge on any atom is -0.486 e. The summed E-state index contributed by atoms with van der Waals surface area (Å²) in [5.74, 6) is -2.06. The first-order valence-electron chi connectivity index (χ1n) is 8.15. The van der Waals surface area contributed by atoms with Crippen molar-refractivity contribution in [3.63, 3.8) is 0 Å². The van der Waals surface area contributed by atoms with Gasteiger partial charge in [0, 0.05) is 31.5 Å². The van der Waals surface area contributed by atoms with Crippen molar-refractivity contribution in [2.75, 3.05) is 32.4 Å². The van der Waals surface area contributed by atoms with Crippen molar-refractivity contribution >= 4 is 9.84 Å². The molecule has 1 aromatic rings. The second-order valence-corrected chi connectivity index (χ2v) is 8.47. The zero-order valence-corrected chi connectivity index (χ0v) is 14.4. The van der Waals surface area contributed by atoms with Gasteiger partial charge >= 0.3 is 0 Å². The Morgan fingerprint density at radius 1 is 1.17 bits per heavy atom. The third-order valence-electron chi connectivity index (χ3n) is 4.68. The van der Waals surface area contributed by atoms with Crippen LogP contribution in [0.15, 0.2) is 17.0 Å². The fourth-order valence-corrected chi connectivity index (χ4v) is 4.15. The molecule has 1 aromatic carbocycles. The molecule has 2 aliphatic heterocycles. The van der Waals surface area contributed by atoms with Crippen molar-refractivity contribution < 1.29 is 21.9 Å². The molecule has 2 heterocycles.